The van der Waals surface area contributed by atoms with Gasteiger partial charge in [-0.25, -0.2) is 0 Å². The molecule has 0 spiro atoms. The number of pyridine rings is 2. The molecular formula is C20H17N5O3. The summed E-state index contributed by atoms with van der Waals surface area (Å²) in [4.78, 5) is 24.2. The summed E-state index contributed by atoms with van der Waals surface area (Å²) in [6, 6.07) is 12.9. The molecule has 8 heteroatoms. The Bertz CT molecular complexity index is 1110. The molecule has 0 saturated carbocycles. The van der Waals surface area contributed by atoms with Crippen molar-refractivity contribution in [2.75, 3.05) is 12.4 Å². The molecule has 0 saturated heterocycles. The van der Waals surface area contributed by atoms with E-state index in [0.717, 1.165) is 5.56 Å². The number of rotatable bonds is 6. The van der Waals surface area contributed by atoms with Gasteiger partial charge >= 0.3 is 0 Å². The molecule has 0 fully saturated rings. The minimum atomic E-state index is -0.277. The highest BCUT2D eigenvalue weighted by Crippen LogP contribution is 2.27. The number of anilines is 1. The molecule has 0 radical (unpaired) electrons. The van der Waals surface area contributed by atoms with Gasteiger partial charge in [0.1, 0.15) is 22.7 Å². The molecule has 140 valence electrons. The van der Waals surface area contributed by atoms with E-state index in [1.165, 1.54) is 6.20 Å². The average Bonchev–Trinajstić information content (AvgIpc) is 3.15. The lowest BCUT2D eigenvalue weighted by Crippen LogP contribution is -2.18. The Hall–Kier alpha value is -3.94. The topological polar surface area (TPSA) is 102 Å². The summed E-state index contributed by atoms with van der Waals surface area (Å²) in [5.41, 5.74) is 2.61. The number of nitrogens with one attached hydrogen (secondary N) is 2. The number of hydrogen-bond donors (Lipinski definition) is 2. The highest BCUT2D eigenvalue weighted by atomic mass is 16.5. The smallest absolute Gasteiger partial charge is 0.295 e. The third kappa shape index (κ3) is 3.90. The average molecular weight is 375 g/mol. The zero-order valence-corrected chi connectivity index (χ0v) is 15.0. The summed E-state index contributed by atoms with van der Waals surface area (Å²) in [6.07, 6.45) is 5.03. The van der Waals surface area contributed by atoms with E-state index in [4.69, 9.17) is 9.15 Å². The predicted molar refractivity (Wildman–Crippen MR) is 103 cm³/mol. The first kappa shape index (κ1) is 17.5. The lowest BCUT2D eigenvalue weighted by molar-refractivity contribution is 0.0958. The van der Waals surface area contributed by atoms with Gasteiger partial charge in [0.05, 0.1) is 0 Å². The molecule has 28 heavy (non-hydrogen) atoms. The molecule has 8 nitrogen and oxygen atoms in total. The molecule has 4 aromatic rings. The van der Waals surface area contributed by atoms with Crippen LogP contribution in [0.15, 0.2) is 65.5 Å². The highest BCUT2D eigenvalue weighted by Gasteiger charge is 2.10. The molecule has 1 amide bonds. The lowest BCUT2D eigenvalue weighted by Gasteiger charge is -2.06. The Labute approximate surface area is 160 Å². The molecular weight excluding hydrogens is 358 g/mol. The molecule has 1 aromatic carbocycles. The maximum Gasteiger partial charge on any atom is 0.295 e. The highest BCUT2D eigenvalue weighted by molar-refractivity contribution is 5.92. The molecule has 3 heterocycles. The number of nitrogens with zero attached hydrogens (tertiary/aromatic N) is 3. The van der Waals surface area contributed by atoms with E-state index in [1.54, 1.807) is 43.7 Å². The van der Waals surface area contributed by atoms with Gasteiger partial charge in [-0.15, -0.1) is 0 Å². The van der Waals surface area contributed by atoms with Crippen molar-refractivity contribution >= 4 is 23.0 Å². The fourth-order valence-corrected chi connectivity index (χ4v) is 2.59. The maximum absolute atomic E-state index is 11.7. The number of amides is 1. The van der Waals surface area contributed by atoms with E-state index >= 15 is 0 Å². The van der Waals surface area contributed by atoms with Gasteiger partial charge in [0, 0.05) is 44.3 Å². The summed E-state index contributed by atoms with van der Waals surface area (Å²) < 4.78 is 11.6. The molecule has 2 N–H and O–H groups in total. The van der Waals surface area contributed by atoms with Crippen LogP contribution < -0.4 is 15.4 Å². The van der Waals surface area contributed by atoms with Crippen molar-refractivity contribution in [2.45, 2.75) is 6.54 Å². The first-order valence-electron chi connectivity index (χ1n) is 8.60. The van der Waals surface area contributed by atoms with Crippen molar-refractivity contribution in [1.29, 1.82) is 0 Å². The molecule has 0 bridgehead atoms. The molecule has 4 rings (SSSR count). The van der Waals surface area contributed by atoms with Gasteiger partial charge < -0.3 is 19.8 Å². The molecule has 0 unspecified atom stereocenters. The van der Waals surface area contributed by atoms with Crippen LogP contribution in [0, 0.1) is 0 Å². The first-order valence-corrected chi connectivity index (χ1v) is 8.60. The fourth-order valence-electron chi connectivity index (χ4n) is 2.59. The second-order valence-electron chi connectivity index (χ2n) is 5.92. The van der Waals surface area contributed by atoms with Crippen LogP contribution in [-0.4, -0.2) is 27.9 Å². The number of carbonyl (C=O) groups is 1. The van der Waals surface area contributed by atoms with E-state index in [9.17, 15) is 4.79 Å². The molecule has 0 atom stereocenters. The van der Waals surface area contributed by atoms with Crippen molar-refractivity contribution in [3.8, 4) is 11.5 Å². The van der Waals surface area contributed by atoms with E-state index in [0.29, 0.717) is 35.2 Å². The van der Waals surface area contributed by atoms with E-state index in [-0.39, 0.29) is 11.6 Å². The van der Waals surface area contributed by atoms with Crippen molar-refractivity contribution < 1.29 is 13.9 Å². The quantitative estimate of drug-likeness (QED) is 0.532. The zero-order chi connectivity index (χ0) is 19.3. The van der Waals surface area contributed by atoms with Crippen molar-refractivity contribution in [3.05, 3.63) is 72.3 Å². The van der Waals surface area contributed by atoms with Crippen LogP contribution >= 0.6 is 0 Å². The number of carbonyl (C=O) groups excluding carboxylic acids is 1. The fraction of sp³-hybridized carbons (Fsp3) is 0.100. The van der Waals surface area contributed by atoms with Gasteiger partial charge in [-0.2, -0.15) is 4.98 Å². The van der Waals surface area contributed by atoms with Gasteiger partial charge in [-0.1, -0.05) is 6.07 Å². The number of hydrogen-bond acceptors (Lipinski definition) is 7. The lowest BCUT2D eigenvalue weighted by atomic mass is 10.3. The Kier molecular flexibility index (Phi) is 4.83. The minimum absolute atomic E-state index is 0.277. The normalized spacial score (nSPS) is 10.6. The monoisotopic (exact) mass is 375 g/mol. The molecule has 3 aromatic heterocycles. The summed E-state index contributed by atoms with van der Waals surface area (Å²) in [5, 5.41) is 5.67. The molecule has 0 aliphatic rings. The second-order valence-corrected chi connectivity index (χ2v) is 5.92. The minimum Gasteiger partial charge on any atom is -0.457 e. The second kappa shape index (κ2) is 7.75. The number of oxazole rings is 1. The van der Waals surface area contributed by atoms with Crippen LogP contribution in [0.1, 0.15) is 16.1 Å². The molecule has 0 aliphatic carbocycles. The van der Waals surface area contributed by atoms with Crippen LogP contribution in [0.4, 0.5) is 6.01 Å². The van der Waals surface area contributed by atoms with Crippen molar-refractivity contribution in [1.82, 2.24) is 20.3 Å². The van der Waals surface area contributed by atoms with Crippen LogP contribution in [-0.2, 0) is 6.54 Å². The van der Waals surface area contributed by atoms with E-state index in [1.807, 2.05) is 18.2 Å². The number of ether oxygens (including phenoxy) is 1. The Morgan fingerprint density at radius 2 is 2.04 bits per heavy atom. The third-order valence-corrected chi connectivity index (χ3v) is 3.95. The maximum atomic E-state index is 11.7. The number of benzene rings is 1. The summed E-state index contributed by atoms with van der Waals surface area (Å²) in [7, 11) is 1.55. The first-order chi connectivity index (χ1) is 13.7. The van der Waals surface area contributed by atoms with Crippen LogP contribution in [0.2, 0.25) is 0 Å². The van der Waals surface area contributed by atoms with Crippen LogP contribution in [0.5, 0.6) is 11.5 Å². The number of fused-ring (bicyclic) bond motifs is 1. The third-order valence-electron chi connectivity index (χ3n) is 3.95. The summed E-state index contributed by atoms with van der Waals surface area (Å²) in [6.45, 7) is 0.559. The van der Waals surface area contributed by atoms with Gasteiger partial charge in [0.25, 0.3) is 11.9 Å². The summed E-state index contributed by atoms with van der Waals surface area (Å²) in [5.74, 6) is 0.791. The Morgan fingerprint density at radius 3 is 2.86 bits per heavy atom. The van der Waals surface area contributed by atoms with Crippen molar-refractivity contribution in [3.63, 3.8) is 0 Å². The number of aromatic nitrogens is 3. The van der Waals surface area contributed by atoms with Gasteiger partial charge in [0.2, 0.25) is 0 Å². The summed E-state index contributed by atoms with van der Waals surface area (Å²) >= 11 is 0. The van der Waals surface area contributed by atoms with Gasteiger partial charge in [-0.3, -0.25) is 14.8 Å². The van der Waals surface area contributed by atoms with Crippen LogP contribution in [0.25, 0.3) is 11.1 Å². The standard InChI is InChI=1S/C20H17N5O3/c1-21-19(26)17-9-15(6-8-23-17)27-14-4-5-16-18(10-14)28-20(25-16)24-12-13-3-2-7-22-11-13/h2-11H,12H2,1H3,(H,21,26)(H,24,25). The van der Waals surface area contributed by atoms with Gasteiger partial charge in [-0.05, 0) is 29.8 Å². The largest absolute Gasteiger partial charge is 0.457 e. The SMILES string of the molecule is CNC(=O)c1cc(Oc2ccc3nc(NCc4cccnc4)oc3c2)ccn1. The Morgan fingerprint density at radius 1 is 1.14 bits per heavy atom. The van der Waals surface area contributed by atoms with Crippen molar-refractivity contribution in [2.24, 2.45) is 0 Å². The zero-order valence-electron chi connectivity index (χ0n) is 15.0. The Balaban J connectivity index is 1.49. The van der Waals surface area contributed by atoms with Gasteiger partial charge in [0.15, 0.2) is 5.58 Å². The van der Waals surface area contributed by atoms with E-state index < -0.39 is 0 Å². The molecule has 0 aliphatic heterocycles. The van der Waals surface area contributed by atoms with Crippen LogP contribution in [0.3, 0.4) is 0 Å². The van der Waals surface area contributed by atoms with E-state index in [2.05, 4.69) is 25.6 Å². The predicted octanol–water partition coefficient (Wildman–Crippen LogP) is 3.38.